The second-order valence-corrected chi connectivity index (χ2v) is 4.80. The van der Waals surface area contributed by atoms with Crippen molar-refractivity contribution >= 4 is 17.3 Å². The summed E-state index contributed by atoms with van der Waals surface area (Å²) in [6.45, 7) is 2.24. The van der Waals surface area contributed by atoms with Crippen molar-refractivity contribution in [3.8, 4) is 11.3 Å². The molecule has 2 heterocycles. The quantitative estimate of drug-likeness (QED) is 0.806. The molecule has 106 valence electrons. The Balaban J connectivity index is 1.86. The number of carbonyl (C=O) groups is 1. The van der Waals surface area contributed by atoms with Crippen LogP contribution in [0.3, 0.4) is 0 Å². The van der Waals surface area contributed by atoms with Crippen LogP contribution in [-0.2, 0) is 4.79 Å². The Labute approximate surface area is 123 Å². The molecule has 0 fully saturated rings. The van der Waals surface area contributed by atoms with E-state index in [0.717, 1.165) is 34.9 Å². The second kappa shape index (κ2) is 5.66. The van der Waals surface area contributed by atoms with Gasteiger partial charge < -0.3 is 16.0 Å². The smallest absolute Gasteiger partial charge is 0.221 e. The molecule has 0 aliphatic carbocycles. The average Bonchev–Trinajstić information content (AvgIpc) is 3.02. The molecule has 0 saturated heterocycles. The van der Waals surface area contributed by atoms with Crippen LogP contribution in [0.1, 0.15) is 12.5 Å². The van der Waals surface area contributed by atoms with Crippen molar-refractivity contribution in [1.29, 1.82) is 0 Å². The number of hydrogen-bond donors (Lipinski definition) is 3. The highest BCUT2D eigenvalue weighted by molar-refractivity contribution is 5.88. The van der Waals surface area contributed by atoms with E-state index in [-0.39, 0.29) is 5.91 Å². The number of pyridine rings is 1. The van der Waals surface area contributed by atoms with Crippen molar-refractivity contribution in [2.45, 2.75) is 6.92 Å². The topological polar surface area (TPSA) is 66.1 Å². The maximum Gasteiger partial charge on any atom is 0.221 e. The summed E-state index contributed by atoms with van der Waals surface area (Å²) in [5, 5.41) is 9.13. The number of anilines is 1. The van der Waals surface area contributed by atoms with Crippen LogP contribution in [0.5, 0.6) is 0 Å². The molecule has 1 aromatic heterocycles. The van der Waals surface area contributed by atoms with Crippen LogP contribution in [0.25, 0.3) is 17.0 Å². The maximum absolute atomic E-state index is 11.0. The van der Waals surface area contributed by atoms with E-state index in [1.165, 1.54) is 6.92 Å². The Morgan fingerprint density at radius 3 is 2.67 bits per heavy atom. The summed E-state index contributed by atoms with van der Waals surface area (Å²) in [5.41, 5.74) is 4.85. The molecule has 5 heteroatoms. The number of nitrogens with zero attached hydrogens (tertiary/aromatic N) is 1. The van der Waals surface area contributed by atoms with E-state index in [0.29, 0.717) is 0 Å². The van der Waals surface area contributed by atoms with Crippen molar-refractivity contribution in [2.75, 3.05) is 12.0 Å². The van der Waals surface area contributed by atoms with Crippen LogP contribution in [-0.4, -0.2) is 17.6 Å². The predicted molar refractivity (Wildman–Crippen MR) is 83.1 cm³/mol. The first kappa shape index (κ1) is 13.2. The summed E-state index contributed by atoms with van der Waals surface area (Å²) in [4.78, 5) is 15.4. The maximum atomic E-state index is 11.0. The Morgan fingerprint density at radius 1 is 1.19 bits per heavy atom. The van der Waals surface area contributed by atoms with Gasteiger partial charge >= 0.3 is 0 Å². The van der Waals surface area contributed by atoms with Crippen LogP contribution in [0.15, 0.2) is 48.8 Å². The normalized spacial score (nSPS) is 13.1. The lowest BCUT2D eigenvalue weighted by Crippen LogP contribution is -2.13. The minimum Gasteiger partial charge on any atom is -0.372 e. The van der Waals surface area contributed by atoms with Gasteiger partial charge in [-0.15, -0.1) is 0 Å². The molecule has 3 N–H and O–H groups in total. The number of amides is 1. The molecular weight excluding hydrogens is 264 g/mol. The Bertz CT molecular complexity index is 692. The summed E-state index contributed by atoms with van der Waals surface area (Å²) < 4.78 is 0. The largest absolute Gasteiger partial charge is 0.372 e. The Morgan fingerprint density at radius 2 is 2.00 bits per heavy atom. The molecule has 21 heavy (non-hydrogen) atoms. The molecule has 1 aliphatic rings. The SMILES string of the molecule is CC(=O)Nc1ccc(-c2cc(C3=CNCN3)ccn2)cc1. The second-order valence-electron chi connectivity index (χ2n) is 4.80. The van der Waals surface area contributed by atoms with E-state index >= 15 is 0 Å². The van der Waals surface area contributed by atoms with Gasteiger partial charge in [0.2, 0.25) is 5.91 Å². The van der Waals surface area contributed by atoms with Gasteiger partial charge in [0.15, 0.2) is 0 Å². The fourth-order valence-corrected chi connectivity index (χ4v) is 2.22. The van der Waals surface area contributed by atoms with Crippen molar-refractivity contribution in [1.82, 2.24) is 15.6 Å². The molecule has 0 spiro atoms. The molecule has 2 aromatic rings. The first-order valence-electron chi connectivity index (χ1n) is 6.74. The van der Waals surface area contributed by atoms with Crippen molar-refractivity contribution in [3.05, 3.63) is 54.4 Å². The third-order valence-electron chi connectivity index (χ3n) is 3.20. The molecule has 0 atom stereocenters. The van der Waals surface area contributed by atoms with Gasteiger partial charge in [-0.05, 0) is 24.3 Å². The Kier molecular flexibility index (Phi) is 3.55. The number of nitrogens with one attached hydrogen (secondary N) is 3. The lowest BCUT2D eigenvalue weighted by atomic mass is 10.1. The van der Waals surface area contributed by atoms with Crippen molar-refractivity contribution in [3.63, 3.8) is 0 Å². The molecule has 5 nitrogen and oxygen atoms in total. The third kappa shape index (κ3) is 3.02. The Hall–Kier alpha value is -2.82. The summed E-state index contributed by atoms with van der Waals surface area (Å²) in [7, 11) is 0. The monoisotopic (exact) mass is 280 g/mol. The van der Waals surface area contributed by atoms with Crippen LogP contribution in [0, 0.1) is 0 Å². The predicted octanol–water partition coefficient (Wildman–Crippen LogP) is 2.16. The van der Waals surface area contributed by atoms with Crippen LogP contribution in [0.4, 0.5) is 5.69 Å². The van der Waals surface area contributed by atoms with Crippen molar-refractivity contribution in [2.24, 2.45) is 0 Å². The molecule has 0 saturated carbocycles. The van der Waals surface area contributed by atoms with E-state index in [2.05, 4.69) is 20.9 Å². The van der Waals surface area contributed by atoms with Crippen LogP contribution >= 0.6 is 0 Å². The molecule has 1 aromatic carbocycles. The molecule has 0 radical (unpaired) electrons. The van der Waals surface area contributed by atoms with E-state index in [4.69, 9.17) is 0 Å². The average molecular weight is 280 g/mol. The zero-order chi connectivity index (χ0) is 14.7. The first-order chi connectivity index (χ1) is 10.2. The van der Waals surface area contributed by atoms with Crippen molar-refractivity contribution < 1.29 is 4.79 Å². The molecule has 1 amide bonds. The van der Waals surface area contributed by atoms with Crippen LogP contribution < -0.4 is 16.0 Å². The molecule has 3 rings (SSSR count). The van der Waals surface area contributed by atoms with Gasteiger partial charge in [0, 0.05) is 36.1 Å². The van der Waals surface area contributed by atoms with E-state index in [1.54, 1.807) is 6.20 Å². The minimum atomic E-state index is -0.0744. The fourth-order valence-electron chi connectivity index (χ4n) is 2.22. The zero-order valence-corrected chi connectivity index (χ0v) is 11.7. The first-order valence-corrected chi connectivity index (χ1v) is 6.74. The fraction of sp³-hybridized carbons (Fsp3) is 0.125. The number of carbonyl (C=O) groups excluding carboxylic acids is 1. The summed E-state index contributed by atoms with van der Waals surface area (Å²) in [6.07, 6.45) is 3.76. The van der Waals surface area contributed by atoms with E-state index < -0.39 is 0 Å². The van der Waals surface area contributed by atoms with Gasteiger partial charge in [0.1, 0.15) is 0 Å². The molecule has 0 bridgehead atoms. The van der Waals surface area contributed by atoms with Gasteiger partial charge in [-0.1, -0.05) is 12.1 Å². The molecule has 0 unspecified atom stereocenters. The lowest BCUT2D eigenvalue weighted by Gasteiger charge is -2.07. The number of aromatic nitrogens is 1. The summed E-state index contributed by atoms with van der Waals surface area (Å²) in [5.74, 6) is -0.0744. The number of rotatable bonds is 3. The molecule has 1 aliphatic heterocycles. The van der Waals surface area contributed by atoms with Crippen LogP contribution in [0.2, 0.25) is 0 Å². The number of hydrogen-bond acceptors (Lipinski definition) is 4. The van der Waals surface area contributed by atoms with Gasteiger partial charge in [-0.3, -0.25) is 9.78 Å². The third-order valence-corrected chi connectivity index (χ3v) is 3.20. The van der Waals surface area contributed by atoms with Gasteiger partial charge in [-0.25, -0.2) is 0 Å². The highest BCUT2D eigenvalue weighted by atomic mass is 16.1. The van der Waals surface area contributed by atoms with E-state index in [1.807, 2.05) is 42.6 Å². The van der Waals surface area contributed by atoms with Gasteiger partial charge in [0.25, 0.3) is 0 Å². The van der Waals surface area contributed by atoms with Gasteiger partial charge in [0.05, 0.1) is 18.1 Å². The highest BCUT2D eigenvalue weighted by Gasteiger charge is 2.08. The minimum absolute atomic E-state index is 0.0744. The number of benzene rings is 1. The standard InChI is InChI=1S/C16H16N4O/c1-11(21)20-14-4-2-12(3-5-14)15-8-13(6-7-18-15)16-9-17-10-19-16/h2-9,17,19H,10H2,1H3,(H,20,21). The van der Waals surface area contributed by atoms with E-state index in [9.17, 15) is 4.79 Å². The van der Waals surface area contributed by atoms with Gasteiger partial charge in [-0.2, -0.15) is 0 Å². The zero-order valence-electron chi connectivity index (χ0n) is 11.7. The lowest BCUT2D eigenvalue weighted by molar-refractivity contribution is -0.114. The summed E-state index contributed by atoms with van der Waals surface area (Å²) in [6, 6.07) is 11.7. The highest BCUT2D eigenvalue weighted by Crippen LogP contribution is 2.22. The summed E-state index contributed by atoms with van der Waals surface area (Å²) >= 11 is 0. The molecular formula is C16H16N4O.